The number of nitrogens with one attached hydrogen (secondary N) is 1. The van der Waals surface area contributed by atoms with Crippen molar-refractivity contribution in [2.75, 3.05) is 18.5 Å². The average Bonchev–Trinajstić information content (AvgIpc) is 2.44. The molecule has 2 aromatic rings. The third-order valence-electron chi connectivity index (χ3n) is 3.48. The summed E-state index contributed by atoms with van der Waals surface area (Å²) in [6.07, 6.45) is 1.96. The molecule has 0 fully saturated rings. The van der Waals surface area contributed by atoms with E-state index in [0.717, 1.165) is 56.9 Å². The van der Waals surface area contributed by atoms with Crippen molar-refractivity contribution in [2.45, 2.75) is 26.4 Å². The number of nitrogens with zero attached hydrogens (tertiary/aromatic N) is 1. The van der Waals surface area contributed by atoms with Crippen LogP contribution in [0.3, 0.4) is 0 Å². The average molecular weight is 403 g/mol. The first-order valence-corrected chi connectivity index (χ1v) is 8.28. The third kappa shape index (κ3) is 2.61. The van der Waals surface area contributed by atoms with Gasteiger partial charge >= 0.3 is 0 Å². The monoisotopic (exact) mass is 402 g/mol. The summed E-state index contributed by atoms with van der Waals surface area (Å²) >= 11 is 8.53. The maximum Gasteiger partial charge on any atom is 0.0860 e. The molecule has 0 unspecified atom stereocenters. The number of pyridine rings is 1. The van der Waals surface area contributed by atoms with E-state index in [4.69, 9.17) is 21.3 Å². The first-order valence-electron chi connectivity index (χ1n) is 6.82. The van der Waals surface area contributed by atoms with Crippen LogP contribution < -0.4 is 5.32 Å². The highest BCUT2D eigenvalue weighted by Gasteiger charge is 2.19. The summed E-state index contributed by atoms with van der Waals surface area (Å²) in [6, 6.07) is 3.96. The molecule has 1 N–H and O–H groups in total. The smallest absolute Gasteiger partial charge is 0.0860 e. The number of ether oxygens (including phenoxy) is 1. The van der Waals surface area contributed by atoms with Gasteiger partial charge in [-0.1, -0.05) is 18.5 Å². The second-order valence-electron chi connectivity index (χ2n) is 4.93. The molecule has 0 atom stereocenters. The van der Waals surface area contributed by atoms with Gasteiger partial charge in [-0.25, -0.2) is 0 Å². The van der Waals surface area contributed by atoms with Crippen LogP contribution in [0.4, 0.5) is 5.69 Å². The Balaban J connectivity index is 2.27. The van der Waals surface area contributed by atoms with Crippen LogP contribution in [0.2, 0.25) is 5.02 Å². The van der Waals surface area contributed by atoms with Gasteiger partial charge in [-0.3, -0.25) is 4.98 Å². The van der Waals surface area contributed by atoms with Gasteiger partial charge < -0.3 is 10.1 Å². The molecule has 0 aliphatic carbocycles. The second kappa shape index (κ2) is 6.03. The first-order chi connectivity index (χ1) is 9.70. The van der Waals surface area contributed by atoms with E-state index in [1.807, 2.05) is 12.1 Å². The Kier molecular flexibility index (Phi) is 4.33. The van der Waals surface area contributed by atoms with Crippen molar-refractivity contribution < 1.29 is 4.74 Å². The van der Waals surface area contributed by atoms with Gasteiger partial charge in [0.1, 0.15) is 0 Å². The van der Waals surface area contributed by atoms with Crippen molar-refractivity contribution in [1.29, 1.82) is 0 Å². The van der Waals surface area contributed by atoms with Gasteiger partial charge in [0, 0.05) is 32.5 Å². The molecule has 2 heterocycles. The summed E-state index contributed by atoms with van der Waals surface area (Å²) in [5, 5.41) is 5.38. The number of benzene rings is 1. The molecule has 0 saturated carbocycles. The van der Waals surface area contributed by atoms with Crippen LogP contribution in [0.1, 0.15) is 24.6 Å². The van der Waals surface area contributed by atoms with Crippen molar-refractivity contribution >= 4 is 50.8 Å². The van der Waals surface area contributed by atoms with Crippen LogP contribution in [0.25, 0.3) is 10.9 Å². The lowest BCUT2D eigenvalue weighted by Crippen LogP contribution is -2.16. The van der Waals surface area contributed by atoms with Gasteiger partial charge in [-0.05, 0) is 41.1 Å². The van der Waals surface area contributed by atoms with E-state index in [1.165, 1.54) is 5.56 Å². The zero-order chi connectivity index (χ0) is 14.1. The molecule has 0 bridgehead atoms. The first kappa shape index (κ1) is 14.4. The van der Waals surface area contributed by atoms with Crippen molar-refractivity contribution in [2.24, 2.45) is 0 Å². The molecule has 0 amide bonds. The number of fused-ring (bicyclic) bond motifs is 2. The number of rotatable bonds is 3. The van der Waals surface area contributed by atoms with E-state index in [0.29, 0.717) is 6.61 Å². The molecule has 106 valence electrons. The summed E-state index contributed by atoms with van der Waals surface area (Å²) in [5.41, 5.74) is 4.53. The van der Waals surface area contributed by atoms with Crippen LogP contribution in [-0.4, -0.2) is 18.1 Å². The summed E-state index contributed by atoms with van der Waals surface area (Å²) in [6.45, 7) is 4.49. The Bertz CT molecular complexity index is 660. The lowest BCUT2D eigenvalue weighted by atomic mass is 10.0. The molecule has 1 aromatic heterocycles. The molecule has 0 radical (unpaired) electrons. The SMILES string of the molecule is CCCNc1c2c(nc3c(I)cc(Cl)cc13)CCOC2. The predicted molar refractivity (Wildman–Crippen MR) is 91.6 cm³/mol. The Morgan fingerprint density at radius 1 is 1.45 bits per heavy atom. The van der Waals surface area contributed by atoms with E-state index in [9.17, 15) is 0 Å². The fourth-order valence-electron chi connectivity index (χ4n) is 2.54. The largest absolute Gasteiger partial charge is 0.384 e. The Hall–Kier alpha value is -0.590. The fourth-order valence-corrected chi connectivity index (χ4v) is 3.69. The Morgan fingerprint density at radius 2 is 2.30 bits per heavy atom. The van der Waals surface area contributed by atoms with Gasteiger partial charge in [0.25, 0.3) is 0 Å². The summed E-state index contributed by atoms with van der Waals surface area (Å²) < 4.78 is 6.71. The quantitative estimate of drug-likeness (QED) is 0.773. The number of aromatic nitrogens is 1. The minimum atomic E-state index is 0.632. The maximum atomic E-state index is 6.22. The number of halogens is 2. The number of hydrogen-bond donors (Lipinski definition) is 1. The topological polar surface area (TPSA) is 34.2 Å². The molecule has 1 aliphatic heterocycles. The standard InChI is InChI=1S/C15H16ClIN2O/c1-2-4-18-14-10-6-9(16)7-12(17)15(10)19-13-3-5-20-8-11(13)14/h6-7H,2-5,8H2,1H3,(H,18,19). The molecule has 3 nitrogen and oxygen atoms in total. The highest BCUT2D eigenvalue weighted by molar-refractivity contribution is 14.1. The summed E-state index contributed by atoms with van der Waals surface area (Å²) in [7, 11) is 0. The molecule has 1 aromatic carbocycles. The molecule has 3 rings (SSSR count). The normalized spacial score (nSPS) is 14.3. The molecule has 0 saturated heterocycles. The highest BCUT2D eigenvalue weighted by Crippen LogP contribution is 2.35. The number of hydrogen-bond acceptors (Lipinski definition) is 3. The predicted octanol–water partition coefficient (Wildman–Crippen LogP) is 4.39. The number of anilines is 1. The zero-order valence-electron chi connectivity index (χ0n) is 11.3. The van der Waals surface area contributed by atoms with Crippen molar-refractivity contribution in [3.63, 3.8) is 0 Å². The van der Waals surface area contributed by atoms with Crippen molar-refractivity contribution in [3.05, 3.63) is 32.0 Å². The third-order valence-corrected chi connectivity index (χ3v) is 4.52. The lowest BCUT2D eigenvalue weighted by molar-refractivity contribution is 0.110. The Labute approximate surface area is 137 Å². The van der Waals surface area contributed by atoms with E-state index >= 15 is 0 Å². The van der Waals surface area contributed by atoms with E-state index in [2.05, 4.69) is 34.8 Å². The molecule has 20 heavy (non-hydrogen) atoms. The minimum absolute atomic E-state index is 0.632. The van der Waals surface area contributed by atoms with Crippen molar-refractivity contribution in [3.8, 4) is 0 Å². The van der Waals surface area contributed by atoms with Gasteiger partial charge in [0.05, 0.1) is 30.1 Å². The fraction of sp³-hybridized carbons (Fsp3) is 0.400. The zero-order valence-corrected chi connectivity index (χ0v) is 14.2. The second-order valence-corrected chi connectivity index (χ2v) is 6.52. The van der Waals surface area contributed by atoms with Crippen molar-refractivity contribution in [1.82, 2.24) is 4.98 Å². The van der Waals surface area contributed by atoms with Gasteiger partial charge in [0.2, 0.25) is 0 Å². The van der Waals surface area contributed by atoms with E-state index in [-0.39, 0.29) is 0 Å². The van der Waals surface area contributed by atoms with E-state index in [1.54, 1.807) is 0 Å². The summed E-state index contributed by atoms with van der Waals surface area (Å²) in [5.74, 6) is 0. The van der Waals surface area contributed by atoms with Crippen LogP contribution in [-0.2, 0) is 17.8 Å². The van der Waals surface area contributed by atoms with Crippen LogP contribution in [0.15, 0.2) is 12.1 Å². The molecule has 5 heteroatoms. The minimum Gasteiger partial charge on any atom is -0.384 e. The van der Waals surface area contributed by atoms with Gasteiger partial charge in [0.15, 0.2) is 0 Å². The highest BCUT2D eigenvalue weighted by atomic mass is 127. The molecule has 1 aliphatic rings. The Morgan fingerprint density at radius 3 is 3.10 bits per heavy atom. The van der Waals surface area contributed by atoms with Crippen LogP contribution in [0, 0.1) is 3.57 Å². The molecular formula is C15H16ClIN2O. The van der Waals surface area contributed by atoms with Crippen LogP contribution >= 0.6 is 34.2 Å². The summed E-state index contributed by atoms with van der Waals surface area (Å²) in [4.78, 5) is 4.84. The van der Waals surface area contributed by atoms with Crippen LogP contribution in [0.5, 0.6) is 0 Å². The van der Waals surface area contributed by atoms with Gasteiger partial charge in [-0.2, -0.15) is 0 Å². The molecular weight excluding hydrogens is 387 g/mol. The maximum absolute atomic E-state index is 6.22. The molecule has 0 spiro atoms. The van der Waals surface area contributed by atoms with E-state index < -0.39 is 0 Å². The van der Waals surface area contributed by atoms with Gasteiger partial charge in [-0.15, -0.1) is 0 Å². The lowest BCUT2D eigenvalue weighted by Gasteiger charge is -2.22.